The minimum Gasteiger partial charge on any atom is -0.310 e. The van der Waals surface area contributed by atoms with Crippen LogP contribution in [0, 0.1) is 5.41 Å². The van der Waals surface area contributed by atoms with Crippen molar-refractivity contribution in [1.29, 1.82) is 0 Å². The molecule has 0 bridgehead atoms. The third-order valence-corrected chi connectivity index (χ3v) is 5.00. The van der Waals surface area contributed by atoms with E-state index < -0.39 is 0 Å². The van der Waals surface area contributed by atoms with E-state index in [1.807, 2.05) is 0 Å². The van der Waals surface area contributed by atoms with Gasteiger partial charge in [-0.15, -0.1) is 0 Å². The summed E-state index contributed by atoms with van der Waals surface area (Å²) in [6.07, 6.45) is 6.77. The van der Waals surface area contributed by atoms with Crippen molar-refractivity contribution in [2.75, 3.05) is 13.1 Å². The van der Waals surface area contributed by atoms with Gasteiger partial charge in [-0.25, -0.2) is 0 Å². The summed E-state index contributed by atoms with van der Waals surface area (Å²) in [7, 11) is 0. The Morgan fingerprint density at radius 2 is 1.95 bits per heavy atom. The summed E-state index contributed by atoms with van der Waals surface area (Å²) in [6, 6.07) is 9.95. The van der Waals surface area contributed by atoms with E-state index in [-0.39, 0.29) is 0 Å². The van der Waals surface area contributed by atoms with E-state index in [4.69, 9.17) is 0 Å². The Morgan fingerprint density at radius 3 is 2.76 bits per heavy atom. The zero-order chi connectivity index (χ0) is 14.7. The molecule has 0 radical (unpaired) electrons. The lowest BCUT2D eigenvalue weighted by Crippen LogP contribution is -2.25. The van der Waals surface area contributed by atoms with E-state index in [2.05, 4.69) is 48.3 Å². The average molecular weight is 286 g/mol. The zero-order valence-corrected chi connectivity index (χ0v) is 13.7. The zero-order valence-electron chi connectivity index (χ0n) is 13.7. The molecule has 21 heavy (non-hydrogen) atoms. The fourth-order valence-corrected chi connectivity index (χ4v) is 3.28. The van der Waals surface area contributed by atoms with E-state index in [0.717, 1.165) is 19.1 Å². The second-order valence-electron chi connectivity index (χ2n) is 7.77. The molecule has 3 rings (SSSR count). The quantitative estimate of drug-likeness (QED) is 0.881. The van der Waals surface area contributed by atoms with Gasteiger partial charge in [-0.2, -0.15) is 0 Å². The smallest absolute Gasteiger partial charge is 0.0233 e. The van der Waals surface area contributed by atoms with Crippen LogP contribution >= 0.6 is 0 Å². The van der Waals surface area contributed by atoms with Crippen molar-refractivity contribution in [3.63, 3.8) is 0 Å². The SMILES string of the molecule is CC1(C)CCCN(Cc2cccc(CNC3CC3)c2)CC1. The Hall–Kier alpha value is -0.860. The first-order valence-corrected chi connectivity index (χ1v) is 8.64. The topological polar surface area (TPSA) is 15.3 Å². The molecule has 1 N–H and O–H groups in total. The molecular weight excluding hydrogens is 256 g/mol. The van der Waals surface area contributed by atoms with Crippen molar-refractivity contribution in [2.24, 2.45) is 5.41 Å². The highest BCUT2D eigenvalue weighted by molar-refractivity contribution is 5.23. The molecule has 0 amide bonds. The van der Waals surface area contributed by atoms with Crippen LogP contribution in [-0.2, 0) is 13.1 Å². The number of hydrogen-bond acceptors (Lipinski definition) is 2. The summed E-state index contributed by atoms with van der Waals surface area (Å²) < 4.78 is 0. The van der Waals surface area contributed by atoms with Crippen LogP contribution in [0.4, 0.5) is 0 Å². The summed E-state index contributed by atoms with van der Waals surface area (Å²) in [5, 5.41) is 3.61. The monoisotopic (exact) mass is 286 g/mol. The predicted molar refractivity (Wildman–Crippen MR) is 89.2 cm³/mol. The largest absolute Gasteiger partial charge is 0.310 e. The van der Waals surface area contributed by atoms with Gasteiger partial charge in [0.25, 0.3) is 0 Å². The van der Waals surface area contributed by atoms with Crippen molar-refractivity contribution in [1.82, 2.24) is 10.2 Å². The second kappa shape index (κ2) is 6.50. The second-order valence-corrected chi connectivity index (χ2v) is 7.77. The van der Waals surface area contributed by atoms with Gasteiger partial charge in [0.1, 0.15) is 0 Å². The first-order chi connectivity index (χ1) is 10.1. The standard InChI is InChI=1S/C19H30N2/c1-19(2)9-4-11-21(12-10-19)15-17-6-3-5-16(13-17)14-20-18-7-8-18/h3,5-6,13,18,20H,4,7-12,14-15H2,1-2H3. The summed E-state index contributed by atoms with van der Waals surface area (Å²) in [6.45, 7) is 9.49. The van der Waals surface area contributed by atoms with E-state index >= 15 is 0 Å². The minimum atomic E-state index is 0.533. The van der Waals surface area contributed by atoms with Crippen LogP contribution in [0.1, 0.15) is 57.1 Å². The van der Waals surface area contributed by atoms with E-state index in [9.17, 15) is 0 Å². The fourth-order valence-electron chi connectivity index (χ4n) is 3.28. The molecular formula is C19H30N2. The molecule has 2 fully saturated rings. The molecule has 1 aliphatic carbocycles. The van der Waals surface area contributed by atoms with Gasteiger partial charge in [0, 0.05) is 19.1 Å². The Kier molecular flexibility index (Phi) is 4.66. The number of nitrogens with one attached hydrogen (secondary N) is 1. The third-order valence-electron chi connectivity index (χ3n) is 5.00. The summed E-state index contributed by atoms with van der Waals surface area (Å²) >= 11 is 0. The highest BCUT2D eigenvalue weighted by Crippen LogP contribution is 2.30. The molecule has 2 aliphatic rings. The third kappa shape index (κ3) is 4.82. The van der Waals surface area contributed by atoms with Gasteiger partial charge < -0.3 is 5.32 Å². The Morgan fingerprint density at radius 1 is 1.14 bits per heavy atom. The van der Waals surface area contributed by atoms with Crippen LogP contribution in [0.2, 0.25) is 0 Å². The average Bonchev–Trinajstić information content (AvgIpc) is 3.27. The first-order valence-electron chi connectivity index (χ1n) is 8.64. The minimum absolute atomic E-state index is 0.533. The maximum atomic E-state index is 3.61. The van der Waals surface area contributed by atoms with Crippen LogP contribution in [0.25, 0.3) is 0 Å². The van der Waals surface area contributed by atoms with Gasteiger partial charge in [-0.3, -0.25) is 4.90 Å². The lowest BCUT2D eigenvalue weighted by molar-refractivity contribution is 0.256. The van der Waals surface area contributed by atoms with E-state index in [1.54, 1.807) is 0 Å². The summed E-state index contributed by atoms with van der Waals surface area (Å²) in [5.41, 5.74) is 3.45. The molecule has 0 spiro atoms. The lowest BCUT2D eigenvalue weighted by atomic mass is 9.85. The summed E-state index contributed by atoms with van der Waals surface area (Å²) in [5.74, 6) is 0. The molecule has 1 aromatic rings. The molecule has 1 saturated carbocycles. The van der Waals surface area contributed by atoms with Gasteiger partial charge in [-0.05, 0) is 61.7 Å². The molecule has 116 valence electrons. The highest BCUT2D eigenvalue weighted by Gasteiger charge is 2.23. The normalized spacial score (nSPS) is 23.0. The van der Waals surface area contributed by atoms with Crippen LogP contribution in [-0.4, -0.2) is 24.0 Å². The molecule has 1 heterocycles. The molecule has 2 nitrogen and oxygen atoms in total. The Bertz CT molecular complexity index is 462. The number of benzene rings is 1. The van der Waals surface area contributed by atoms with Crippen molar-refractivity contribution < 1.29 is 0 Å². The summed E-state index contributed by atoms with van der Waals surface area (Å²) in [4.78, 5) is 2.64. The maximum Gasteiger partial charge on any atom is 0.0233 e. The Balaban J connectivity index is 1.55. The number of nitrogens with zero attached hydrogens (tertiary/aromatic N) is 1. The Labute approximate surface area is 129 Å². The fraction of sp³-hybridized carbons (Fsp3) is 0.684. The molecule has 2 heteroatoms. The molecule has 0 atom stereocenters. The van der Waals surface area contributed by atoms with Crippen molar-refractivity contribution in [2.45, 2.75) is 65.1 Å². The van der Waals surface area contributed by atoms with Gasteiger partial charge in [0.15, 0.2) is 0 Å². The van der Waals surface area contributed by atoms with E-state index in [1.165, 1.54) is 56.3 Å². The van der Waals surface area contributed by atoms with Crippen LogP contribution in [0.15, 0.2) is 24.3 Å². The van der Waals surface area contributed by atoms with Crippen LogP contribution in [0.3, 0.4) is 0 Å². The molecule has 0 unspecified atom stereocenters. The lowest BCUT2D eigenvalue weighted by Gasteiger charge is -2.23. The number of likely N-dealkylation sites (tertiary alicyclic amines) is 1. The van der Waals surface area contributed by atoms with Gasteiger partial charge in [0.05, 0.1) is 0 Å². The number of rotatable bonds is 5. The molecule has 0 aromatic heterocycles. The van der Waals surface area contributed by atoms with Gasteiger partial charge in [-0.1, -0.05) is 38.1 Å². The predicted octanol–water partition coefficient (Wildman–Crippen LogP) is 3.95. The highest BCUT2D eigenvalue weighted by atomic mass is 15.1. The molecule has 1 saturated heterocycles. The number of hydrogen-bond donors (Lipinski definition) is 1. The van der Waals surface area contributed by atoms with Gasteiger partial charge >= 0.3 is 0 Å². The van der Waals surface area contributed by atoms with Crippen molar-refractivity contribution in [3.8, 4) is 0 Å². The van der Waals surface area contributed by atoms with E-state index in [0.29, 0.717) is 5.41 Å². The van der Waals surface area contributed by atoms with Crippen LogP contribution in [0.5, 0.6) is 0 Å². The first kappa shape index (κ1) is 15.1. The molecule has 1 aliphatic heterocycles. The van der Waals surface area contributed by atoms with Crippen LogP contribution < -0.4 is 5.32 Å². The van der Waals surface area contributed by atoms with Crippen molar-refractivity contribution in [3.05, 3.63) is 35.4 Å². The van der Waals surface area contributed by atoms with Crippen molar-refractivity contribution >= 4 is 0 Å². The van der Waals surface area contributed by atoms with Gasteiger partial charge in [0.2, 0.25) is 0 Å². The maximum absolute atomic E-state index is 3.61. The molecule has 1 aromatic carbocycles.